The average Bonchev–Trinajstić information content (AvgIpc) is 2.46. The molecule has 0 aliphatic carbocycles. The van der Waals surface area contributed by atoms with Gasteiger partial charge in [0.15, 0.2) is 5.82 Å². The molecule has 0 saturated heterocycles. The van der Waals surface area contributed by atoms with Gasteiger partial charge < -0.3 is 5.32 Å². The molecule has 0 aliphatic rings. The number of fused-ring (bicyclic) bond motifs is 1. The molecule has 21 heavy (non-hydrogen) atoms. The second-order valence-electron chi connectivity index (χ2n) is 4.80. The molecule has 3 aromatic rings. The maximum Gasteiger partial charge on any atom is 0.162 e. The number of aromatic nitrogens is 2. The van der Waals surface area contributed by atoms with Crippen LogP contribution < -0.4 is 5.32 Å². The topological polar surface area (TPSA) is 37.8 Å². The number of anilines is 1. The first-order valence-electron chi connectivity index (χ1n) is 6.50. The highest BCUT2D eigenvalue weighted by molar-refractivity contribution is 9.11. The SMILES string of the molecule is CNc1nc(-c2cccc(C)c2)nc2c(Br)cc(Br)cc12. The Morgan fingerprint density at radius 3 is 2.57 bits per heavy atom. The van der Waals surface area contributed by atoms with Crippen molar-refractivity contribution >= 4 is 48.6 Å². The zero-order valence-corrected chi connectivity index (χ0v) is 14.8. The van der Waals surface area contributed by atoms with Crippen molar-refractivity contribution in [1.82, 2.24) is 9.97 Å². The first-order chi connectivity index (χ1) is 10.1. The van der Waals surface area contributed by atoms with Crippen LogP contribution in [0.25, 0.3) is 22.3 Å². The lowest BCUT2D eigenvalue weighted by molar-refractivity contribution is 1.21. The predicted molar refractivity (Wildman–Crippen MR) is 94.7 cm³/mol. The Morgan fingerprint density at radius 2 is 1.86 bits per heavy atom. The highest BCUT2D eigenvalue weighted by Gasteiger charge is 2.12. The fourth-order valence-electron chi connectivity index (χ4n) is 2.26. The highest BCUT2D eigenvalue weighted by atomic mass is 79.9. The molecule has 1 heterocycles. The van der Waals surface area contributed by atoms with Crippen LogP contribution in [0.5, 0.6) is 0 Å². The Morgan fingerprint density at radius 1 is 1.05 bits per heavy atom. The molecule has 2 aromatic carbocycles. The number of nitrogens with zero attached hydrogens (tertiary/aromatic N) is 2. The normalized spacial score (nSPS) is 10.9. The van der Waals surface area contributed by atoms with Crippen molar-refractivity contribution in [2.75, 3.05) is 12.4 Å². The van der Waals surface area contributed by atoms with Crippen molar-refractivity contribution in [3.05, 3.63) is 50.9 Å². The summed E-state index contributed by atoms with van der Waals surface area (Å²) in [5.74, 6) is 1.54. The molecule has 0 amide bonds. The van der Waals surface area contributed by atoms with Crippen LogP contribution >= 0.6 is 31.9 Å². The van der Waals surface area contributed by atoms with Crippen molar-refractivity contribution in [2.45, 2.75) is 6.92 Å². The van der Waals surface area contributed by atoms with E-state index in [-0.39, 0.29) is 0 Å². The van der Waals surface area contributed by atoms with Crippen LogP contribution in [0.15, 0.2) is 45.3 Å². The molecule has 0 bridgehead atoms. The van der Waals surface area contributed by atoms with Gasteiger partial charge in [-0.1, -0.05) is 39.7 Å². The lowest BCUT2D eigenvalue weighted by Gasteiger charge is -2.10. The largest absolute Gasteiger partial charge is 0.373 e. The van der Waals surface area contributed by atoms with E-state index < -0.39 is 0 Å². The Labute approximate surface area is 140 Å². The third-order valence-corrected chi connectivity index (χ3v) is 4.29. The van der Waals surface area contributed by atoms with Crippen molar-refractivity contribution in [2.24, 2.45) is 0 Å². The lowest BCUT2D eigenvalue weighted by atomic mass is 10.1. The Kier molecular flexibility index (Phi) is 3.95. The Bertz CT molecular complexity index is 831. The predicted octanol–water partition coefficient (Wildman–Crippen LogP) is 5.17. The van der Waals surface area contributed by atoms with Crippen LogP contribution in [0, 0.1) is 6.92 Å². The maximum absolute atomic E-state index is 4.72. The number of rotatable bonds is 2. The third kappa shape index (κ3) is 2.80. The summed E-state index contributed by atoms with van der Waals surface area (Å²) in [7, 11) is 1.87. The van der Waals surface area contributed by atoms with E-state index in [9.17, 15) is 0 Å². The number of hydrogen-bond acceptors (Lipinski definition) is 3. The first-order valence-corrected chi connectivity index (χ1v) is 8.08. The summed E-state index contributed by atoms with van der Waals surface area (Å²) in [6, 6.07) is 12.2. The summed E-state index contributed by atoms with van der Waals surface area (Å²) < 4.78 is 1.94. The molecule has 1 aromatic heterocycles. The minimum atomic E-state index is 0.721. The first kappa shape index (κ1) is 14.5. The van der Waals surface area contributed by atoms with Crippen molar-refractivity contribution in [1.29, 1.82) is 0 Å². The van der Waals surface area contributed by atoms with Gasteiger partial charge in [-0.3, -0.25) is 0 Å². The molecule has 0 atom stereocenters. The standard InChI is InChI=1S/C16H13Br2N3/c1-9-4-3-5-10(6-9)15-20-14-12(16(19-2)21-15)7-11(17)8-13(14)18/h3-8H,1-2H3,(H,19,20,21). The van der Waals surface area contributed by atoms with Crippen LogP contribution in [0.2, 0.25) is 0 Å². The molecule has 3 nitrogen and oxygen atoms in total. The molecule has 3 rings (SSSR count). The van der Waals surface area contributed by atoms with Crippen LogP contribution in [0.4, 0.5) is 5.82 Å². The number of halogens is 2. The summed E-state index contributed by atoms with van der Waals surface area (Å²) in [4.78, 5) is 9.37. The molecule has 0 unspecified atom stereocenters. The van der Waals surface area contributed by atoms with E-state index >= 15 is 0 Å². The van der Waals surface area contributed by atoms with Crippen molar-refractivity contribution in [3.8, 4) is 11.4 Å². The van der Waals surface area contributed by atoms with Gasteiger partial charge >= 0.3 is 0 Å². The van der Waals surface area contributed by atoms with Gasteiger partial charge in [-0.05, 0) is 41.1 Å². The van der Waals surface area contributed by atoms with E-state index in [1.807, 2.05) is 31.3 Å². The lowest BCUT2D eigenvalue weighted by Crippen LogP contribution is -1.99. The van der Waals surface area contributed by atoms with Crippen LogP contribution in [0.1, 0.15) is 5.56 Å². The van der Waals surface area contributed by atoms with E-state index in [1.165, 1.54) is 5.56 Å². The van der Waals surface area contributed by atoms with Gasteiger partial charge in [0.25, 0.3) is 0 Å². The van der Waals surface area contributed by atoms with Crippen LogP contribution in [0.3, 0.4) is 0 Å². The molecular formula is C16H13Br2N3. The van der Waals surface area contributed by atoms with Crippen LogP contribution in [-0.2, 0) is 0 Å². The Balaban J connectivity index is 2.31. The fraction of sp³-hybridized carbons (Fsp3) is 0.125. The third-order valence-electron chi connectivity index (χ3n) is 3.23. The summed E-state index contributed by atoms with van der Waals surface area (Å²) in [6.07, 6.45) is 0. The van der Waals surface area contributed by atoms with E-state index in [0.29, 0.717) is 0 Å². The van der Waals surface area contributed by atoms with E-state index in [2.05, 4.69) is 61.2 Å². The molecular weight excluding hydrogens is 394 g/mol. The van der Waals surface area contributed by atoms with Gasteiger partial charge in [0.1, 0.15) is 5.82 Å². The number of nitrogens with one attached hydrogen (secondary N) is 1. The van der Waals surface area contributed by atoms with Crippen molar-refractivity contribution in [3.63, 3.8) is 0 Å². The summed E-state index contributed by atoms with van der Waals surface area (Å²) in [5.41, 5.74) is 3.11. The number of benzene rings is 2. The quantitative estimate of drug-likeness (QED) is 0.637. The molecule has 0 aliphatic heterocycles. The molecule has 1 N–H and O–H groups in total. The minimum Gasteiger partial charge on any atom is -0.373 e. The second-order valence-corrected chi connectivity index (χ2v) is 6.57. The average molecular weight is 407 g/mol. The van der Waals surface area contributed by atoms with Gasteiger partial charge in [-0.2, -0.15) is 0 Å². The maximum atomic E-state index is 4.72. The van der Waals surface area contributed by atoms with E-state index in [1.54, 1.807) is 0 Å². The second kappa shape index (κ2) is 5.73. The number of aryl methyl sites for hydroxylation is 1. The van der Waals surface area contributed by atoms with Crippen molar-refractivity contribution < 1.29 is 0 Å². The summed E-state index contributed by atoms with van der Waals surface area (Å²) in [5, 5.41) is 4.14. The van der Waals surface area contributed by atoms with E-state index in [4.69, 9.17) is 4.98 Å². The molecule has 106 valence electrons. The van der Waals surface area contributed by atoms with Gasteiger partial charge in [0.2, 0.25) is 0 Å². The Hall–Kier alpha value is -1.46. The zero-order chi connectivity index (χ0) is 15.0. The van der Waals surface area contributed by atoms with Crippen LogP contribution in [-0.4, -0.2) is 17.0 Å². The molecule has 5 heteroatoms. The smallest absolute Gasteiger partial charge is 0.162 e. The fourth-order valence-corrected chi connectivity index (χ4v) is 3.57. The monoisotopic (exact) mass is 405 g/mol. The highest BCUT2D eigenvalue weighted by Crippen LogP contribution is 2.32. The zero-order valence-electron chi connectivity index (χ0n) is 11.6. The van der Waals surface area contributed by atoms with Gasteiger partial charge in [0.05, 0.1) is 5.52 Å². The molecule has 0 fully saturated rings. The summed E-state index contributed by atoms with van der Waals surface area (Å²) >= 11 is 7.09. The molecule has 0 saturated carbocycles. The van der Waals surface area contributed by atoms with Gasteiger partial charge in [-0.25, -0.2) is 9.97 Å². The van der Waals surface area contributed by atoms with E-state index in [0.717, 1.165) is 37.1 Å². The minimum absolute atomic E-state index is 0.721. The van der Waals surface area contributed by atoms with Gasteiger partial charge in [-0.15, -0.1) is 0 Å². The molecule has 0 spiro atoms. The molecule has 0 radical (unpaired) electrons. The van der Waals surface area contributed by atoms with Gasteiger partial charge in [0, 0.05) is 26.9 Å². The summed E-state index contributed by atoms with van der Waals surface area (Å²) in [6.45, 7) is 2.07. The number of hydrogen-bond donors (Lipinski definition) is 1.